The van der Waals surface area contributed by atoms with Gasteiger partial charge in [-0.1, -0.05) is 42.5 Å². The Kier molecular flexibility index (Phi) is 6.45. The molecule has 2 N–H and O–H groups in total. The van der Waals surface area contributed by atoms with Gasteiger partial charge in [-0.25, -0.2) is 4.39 Å². The van der Waals surface area contributed by atoms with Crippen LogP contribution in [0, 0.1) is 5.82 Å². The first-order valence-corrected chi connectivity index (χ1v) is 10.2. The molecule has 0 aliphatic carbocycles. The maximum Gasteiger partial charge on any atom is 0.272 e. The number of halogens is 1. The third kappa shape index (κ3) is 5.43. The summed E-state index contributed by atoms with van der Waals surface area (Å²) in [5.41, 5.74) is 1.53. The van der Waals surface area contributed by atoms with E-state index in [1.54, 1.807) is 30.3 Å². The highest BCUT2D eigenvalue weighted by molar-refractivity contribution is 6.11. The number of carbonyl (C=O) groups excluding carboxylic acids is 2. The van der Waals surface area contributed by atoms with Crippen molar-refractivity contribution in [2.75, 3.05) is 12.4 Å². The van der Waals surface area contributed by atoms with E-state index in [0.29, 0.717) is 22.6 Å². The maximum absolute atomic E-state index is 13.3. The molecule has 0 aliphatic heterocycles. The number of methoxy groups -OCH3 is 1. The van der Waals surface area contributed by atoms with E-state index in [9.17, 15) is 14.0 Å². The van der Waals surface area contributed by atoms with Crippen LogP contribution in [0.1, 0.15) is 15.9 Å². The van der Waals surface area contributed by atoms with E-state index in [1.807, 2.05) is 36.4 Å². The van der Waals surface area contributed by atoms with E-state index in [1.165, 1.54) is 37.5 Å². The van der Waals surface area contributed by atoms with Crippen molar-refractivity contribution in [2.45, 2.75) is 0 Å². The van der Waals surface area contributed by atoms with Crippen LogP contribution < -0.4 is 15.4 Å². The van der Waals surface area contributed by atoms with Gasteiger partial charge in [-0.3, -0.25) is 9.59 Å². The molecule has 0 aliphatic rings. The van der Waals surface area contributed by atoms with Crippen molar-refractivity contribution in [1.29, 1.82) is 0 Å². The van der Waals surface area contributed by atoms with Gasteiger partial charge in [-0.05, 0) is 70.9 Å². The molecule has 6 heteroatoms. The van der Waals surface area contributed by atoms with Crippen LogP contribution in [0.5, 0.6) is 5.75 Å². The molecule has 0 unspecified atom stereocenters. The van der Waals surface area contributed by atoms with Gasteiger partial charge in [0, 0.05) is 11.3 Å². The lowest BCUT2D eigenvalue weighted by molar-refractivity contribution is -0.113. The van der Waals surface area contributed by atoms with Crippen LogP contribution in [0.2, 0.25) is 0 Å². The molecule has 0 spiro atoms. The maximum atomic E-state index is 13.3. The standard InChI is InChI=1S/C27H21FN2O3/c1-33-24-14-9-20(10-15-24)26(31)30-25(16-18-6-11-22(28)12-7-18)27(32)29-23-13-8-19-4-2-3-5-21(19)17-23/h2-17H,1H3,(H,29,32)(H,30,31)/b25-16-. The summed E-state index contributed by atoms with van der Waals surface area (Å²) in [4.78, 5) is 25.9. The van der Waals surface area contributed by atoms with Crippen LogP contribution in [0.3, 0.4) is 0 Å². The molecule has 33 heavy (non-hydrogen) atoms. The number of anilines is 1. The van der Waals surface area contributed by atoms with E-state index in [-0.39, 0.29) is 5.70 Å². The monoisotopic (exact) mass is 440 g/mol. The van der Waals surface area contributed by atoms with Crippen LogP contribution in [-0.4, -0.2) is 18.9 Å². The smallest absolute Gasteiger partial charge is 0.272 e. The molecule has 4 aromatic rings. The molecule has 0 aromatic heterocycles. The number of benzene rings is 4. The number of rotatable bonds is 6. The van der Waals surface area contributed by atoms with Gasteiger partial charge < -0.3 is 15.4 Å². The Morgan fingerprint density at radius 1 is 0.848 bits per heavy atom. The lowest BCUT2D eigenvalue weighted by atomic mass is 10.1. The Balaban J connectivity index is 1.61. The second kappa shape index (κ2) is 9.78. The molecule has 0 atom stereocenters. The number of hydrogen-bond donors (Lipinski definition) is 2. The molecule has 4 aromatic carbocycles. The Morgan fingerprint density at radius 3 is 2.24 bits per heavy atom. The highest BCUT2D eigenvalue weighted by Crippen LogP contribution is 2.20. The largest absolute Gasteiger partial charge is 0.497 e. The average Bonchev–Trinajstić information content (AvgIpc) is 2.84. The fraction of sp³-hybridized carbons (Fsp3) is 0.0370. The summed E-state index contributed by atoms with van der Waals surface area (Å²) in [6, 6.07) is 25.5. The minimum atomic E-state index is -0.503. The Hall–Kier alpha value is -4.45. The van der Waals surface area contributed by atoms with Crippen molar-refractivity contribution < 1.29 is 18.7 Å². The molecule has 0 saturated heterocycles. The van der Waals surface area contributed by atoms with Crippen molar-refractivity contribution in [3.63, 3.8) is 0 Å². The molecule has 164 valence electrons. The molecule has 0 saturated carbocycles. The summed E-state index contributed by atoms with van der Waals surface area (Å²) in [5, 5.41) is 7.51. The zero-order valence-corrected chi connectivity index (χ0v) is 17.8. The van der Waals surface area contributed by atoms with Crippen LogP contribution in [0.4, 0.5) is 10.1 Å². The Labute approximate surface area is 190 Å². The van der Waals surface area contributed by atoms with Gasteiger partial charge >= 0.3 is 0 Å². The first-order valence-electron chi connectivity index (χ1n) is 10.2. The minimum absolute atomic E-state index is 0.0237. The third-order valence-corrected chi connectivity index (χ3v) is 5.03. The number of fused-ring (bicyclic) bond motifs is 1. The van der Waals surface area contributed by atoms with Crippen molar-refractivity contribution >= 4 is 34.4 Å². The average molecular weight is 440 g/mol. The lowest BCUT2D eigenvalue weighted by Crippen LogP contribution is -2.30. The molecule has 2 amide bonds. The van der Waals surface area contributed by atoms with Gasteiger partial charge in [0.15, 0.2) is 0 Å². The van der Waals surface area contributed by atoms with E-state index >= 15 is 0 Å². The van der Waals surface area contributed by atoms with Gasteiger partial charge in [0.25, 0.3) is 11.8 Å². The second-order valence-corrected chi connectivity index (χ2v) is 7.31. The predicted octanol–water partition coefficient (Wildman–Crippen LogP) is 5.40. The van der Waals surface area contributed by atoms with E-state index in [4.69, 9.17) is 4.74 Å². The summed E-state index contributed by atoms with van der Waals surface area (Å²) in [6.07, 6.45) is 1.50. The number of ether oxygens (including phenoxy) is 1. The molecule has 0 bridgehead atoms. The first kappa shape index (κ1) is 21.8. The zero-order valence-electron chi connectivity index (χ0n) is 17.8. The van der Waals surface area contributed by atoms with Crippen molar-refractivity contribution in [3.8, 4) is 5.75 Å². The van der Waals surface area contributed by atoms with Crippen molar-refractivity contribution in [1.82, 2.24) is 5.32 Å². The van der Waals surface area contributed by atoms with Crippen LogP contribution in [0.15, 0.2) is 96.7 Å². The highest BCUT2D eigenvalue weighted by Gasteiger charge is 2.15. The van der Waals surface area contributed by atoms with E-state index < -0.39 is 17.6 Å². The fourth-order valence-corrected chi connectivity index (χ4v) is 3.29. The zero-order chi connectivity index (χ0) is 23.2. The predicted molar refractivity (Wildman–Crippen MR) is 127 cm³/mol. The van der Waals surface area contributed by atoms with Crippen molar-refractivity contribution in [2.24, 2.45) is 0 Å². The summed E-state index contributed by atoms with van der Waals surface area (Å²) >= 11 is 0. The molecule has 0 fully saturated rings. The molecule has 5 nitrogen and oxygen atoms in total. The van der Waals surface area contributed by atoms with Crippen LogP contribution >= 0.6 is 0 Å². The van der Waals surface area contributed by atoms with Crippen molar-refractivity contribution in [3.05, 3.63) is 114 Å². The summed E-state index contributed by atoms with van der Waals surface area (Å²) in [5.74, 6) is -0.740. The second-order valence-electron chi connectivity index (χ2n) is 7.31. The number of hydrogen-bond acceptors (Lipinski definition) is 3. The molecular formula is C27H21FN2O3. The van der Waals surface area contributed by atoms with Gasteiger partial charge in [-0.2, -0.15) is 0 Å². The quantitative estimate of drug-likeness (QED) is 0.395. The van der Waals surface area contributed by atoms with Crippen LogP contribution in [-0.2, 0) is 4.79 Å². The van der Waals surface area contributed by atoms with Gasteiger partial charge in [0.2, 0.25) is 0 Å². The molecule has 4 rings (SSSR count). The normalized spacial score (nSPS) is 11.2. The molecular weight excluding hydrogens is 419 g/mol. The number of nitrogens with one attached hydrogen (secondary N) is 2. The summed E-state index contributed by atoms with van der Waals surface area (Å²) in [6.45, 7) is 0. The summed E-state index contributed by atoms with van der Waals surface area (Å²) in [7, 11) is 1.54. The van der Waals surface area contributed by atoms with E-state index in [0.717, 1.165) is 10.8 Å². The van der Waals surface area contributed by atoms with Gasteiger partial charge in [0.1, 0.15) is 17.3 Å². The van der Waals surface area contributed by atoms with Gasteiger partial charge in [0.05, 0.1) is 7.11 Å². The Bertz CT molecular complexity index is 1330. The fourth-order valence-electron chi connectivity index (χ4n) is 3.29. The first-order chi connectivity index (χ1) is 16.0. The third-order valence-electron chi connectivity index (χ3n) is 5.03. The number of amides is 2. The summed E-state index contributed by atoms with van der Waals surface area (Å²) < 4.78 is 18.4. The molecule has 0 radical (unpaired) electrons. The SMILES string of the molecule is COc1ccc(C(=O)N/C(=C\c2ccc(F)cc2)C(=O)Nc2ccc3ccccc3c2)cc1. The van der Waals surface area contributed by atoms with E-state index in [2.05, 4.69) is 10.6 Å². The topological polar surface area (TPSA) is 67.4 Å². The highest BCUT2D eigenvalue weighted by atomic mass is 19.1. The van der Waals surface area contributed by atoms with Crippen LogP contribution in [0.25, 0.3) is 16.8 Å². The van der Waals surface area contributed by atoms with Gasteiger partial charge in [-0.15, -0.1) is 0 Å². The number of carbonyl (C=O) groups is 2. The lowest BCUT2D eigenvalue weighted by Gasteiger charge is -2.12. The Morgan fingerprint density at radius 2 is 1.55 bits per heavy atom. The minimum Gasteiger partial charge on any atom is -0.497 e. The molecule has 0 heterocycles.